The molecule has 0 fully saturated rings. The SMILES string of the molecule is CC(=O)Nc1cccc(NC(=O)c2ccccc2OCc2ccc(F)cc2)c1. The molecule has 2 amide bonds. The van der Waals surface area contributed by atoms with E-state index in [0.29, 0.717) is 22.7 Å². The van der Waals surface area contributed by atoms with E-state index >= 15 is 0 Å². The van der Waals surface area contributed by atoms with E-state index in [-0.39, 0.29) is 24.2 Å². The first-order valence-corrected chi connectivity index (χ1v) is 8.66. The Morgan fingerprint density at radius 1 is 0.893 bits per heavy atom. The lowest BCUT2D eigenvalue weighted by Gasteiger charge is -2.12. The van der Waals surface area contributed by atoms with Gasteiger partial charge in [-0.2, -0.15) is 0 Å². The second kappa shape index (κ2) is 8.81. The predicted octanol–water partition coefficient (Wildman–Crippen LogP) is 4.62. The summed E-state index contributed by atoms with van der Waals surface area (Å²) in [4.78, 5) is 23.9. The van der Waals surface area contributed by atoms with Crippen molar-refractivity contribution in [2.75, 3.05) is 10.6 Å². The van der Waals surface area contributed by atoms with Gasteiger partial charge in [-0.1, -0.05) is 30.3 Å². The number of carbonyl (C=O) groups excluding carboxylic acids is 2. The van der Waals surface area contributed by atoms with Gasteiger partial charge in [0.15, 0.2) is 0 Å². The van der Waals surface area contributed by atoms with Gasteiger partial charge in [-0.05, 0) is 48.0 Å². The molecule has 0 radical (unpaired) electrons. The third-order valence-corrected chi connectivity index (χ3v) is 3.88. The van der Waals surface area contributed by atoms with Crippen molar-refractivity contribution >= 4 is 23.2 Å². The van der Waals surface area contributed by atoms with Crippen LogP contribution in [0.1, 0.15) is 22.8 Å². The van der Waals surface area contributed by atoms with E-state index < -0.39 is 0 Å². The molecule has 0 bridgehead atoms. The van der Waals surface area contributed by atoms with Crippen LogP contribution in [0.4, 0.5) is 15.8 Å². The number of ether oxygens (including phenoxy) is 1. The highest BCUT2D eigenvalue weighted by molar-refractivity contribution is 6.06. The Hall–Kier alpha value is -3.67. The quantitative estimate of drug-likeness (QED) is 0.658. The van der Waals surface area contributed by atoms with Crippen LogP contribution in [0.3, 0.4) is 0 Å². The predicted molar refractivity (Wildman–Crippen MR) is 106 cm³/mol. The number of para-hydroxylation sites is 1. The summed E-state index contributed by atoms with van der Waals surface area (Å²) in [6, 6.07) is 19.7. The van der Waals surface area contributed by atoms with Crippen molar-refractivity contribution in [2.24, 2.45) is 0 Å². The van der Waals surface area contributed by atoms with Crippen LogP contribution in [0, 0.1) is 5.82 Å². The molecule has 0 saturated heterocycles. The smallest absolute Gasteiger partial charge is 0.259 e. The molecule has 0 unspecified atom stereocenters. The van der Waals surface area contributed by atoms with Crippen LogP contribution in [-0.2, 0) is 11.4 Å². The number of rotatable bonds is 6. The number of amides is 2. The van der Waals surface area contributed by atoms with Crippen molar-refractivity contribution in [1.29, 1.82) is 0 Å². The fraction of sp³-hybridized carbons (Fsp3) is 0.0909. The molecule has 3 aromatic carbocycles. The third-order valence-electron chi connectivity index (χ3n) is 3.88. The Morgan fingerprint density at radius 2 is 1.57 bits per heavy atom. The summed E-state index contributed by atoms with van der Waals surface area (Å²) >= 11 is 0. The van der Waals surface area contributed by atoms with E-state index in [0.717, 1.165) is 5.56 Å². The van der Waals surface area contributed by atoms with Crippen molar-refractivity contribution in [1.82, 2.24) is 0 Å². The van der Waals surface area contributed by atoms with Gasteiger partial charge in [0.1, 0.15) is 18.2 Å². The average molecular weight is 378 g/mol. The fourth-order valence-corrected chi connectivity index (χ4v) is 2.60. The molecule has 2 N–H and O–H groups in total. The summed E-state index contributed by atoms with van der Waals surface area (Å²) in [5, 5.41) is 5.47. The number of hydrogen-bond acceptors (Lipinski definition) is 3. The topological polar surface area (TPSA) is 67.4 Å². The minimum Gasteiger partial charge on any atom is -0.488 e. The molecule has 0 atom stereocenters. The summed E-state index contributed by atoms with van der Waals surface area (Å²) in [6.45, 7) is 1.63. The van der Waals surface area contributed by atoms with Crippen molar-refractivity contribution in [3.63, 3.8) is 0 Å². The van der Waals surface area contributed by atoms with Gasteiger partial charge in [0.25, 0.3) is 5.91 Å². The molecule has 0 aliphatic rings. The first kappa shape index (κ1) is 19.1. The monoisotopic (exact) mass is 378 g/mol. The lowest BCUT2D eigenvalue weighted by Crippen LogP contribution is -2.14. The maximum atomic E-state index is 13.0. The fourth-order valence-electron chi connectivity index (χ4n) is 2.60. The lowest BCUT2D eigenvalue weighted by atomic mass is 10.1. The molecule has 6 heteroatoms. The number of nitrogens with one attached hydrogen (secondary N) is 2. The number of hydrogen-bond donors (Lipinski definition) is 2. The molecule has 3 aromatic rings. The van der Waals surface area contributed by atoms with Crippen molar-refractivity contribution < 1.29 is 18.7 Å². The van der Waals surface area contributed by atoms with E-state index in [1.165, 1.54) is 19.1 Å². The maximum Gasteiger partial charge on any atom is 0.259 e. The molecule has 0 heterocycles. The van der Waals surface area contributed by atoms with Crippen LogP contribution in [0.15, 0.2) is 72.8 Å². The molecule has 0 aliphatic heterocycles. The van der Waals surface area contributed by atoms with E-state index in [4.69, 9.17) is 4.74 Å². The summed E-state index contributed by atoms with van der Waals surface area (Å²) in [7, 11) is 0. The minimum absolute atomic E-state index is 0.192. The zero-order chi connectivity index (χ0) is 19.9. The highest BCUT2D eigenvalue weighted by atomic mass is 19.1. The van der Waals surface area contributed by atoms with Crippen LogP contribution in [0.5, 0.6) is 5.75 Å². The minimum atomic E-state index is -0.338. The third kappa shape index (κ3) is 5.17. The molecule has 0 saturated carbocycles. The zero-order valence-electron chi connectivity index (χ0n) is 15.2. The van der Waals surface area contributed by atoms with E-state index in [9.17, 15) is 14.0 Å². The molecule has 0 aromatic heterocycles. The van der Waals surface area contributed by atoms with E-state index in [1.807, 2.05) is 0 Å². The molecule has 0 spiro atoms. The maximum absolute atomic E-state index is 13.0. The lowest BCUT2D eigenvalue weighted by molar-refractivity contribution is -0.114. The molecule has 0 aliphatic carbocycles. The molecule has 28 heavy (non-hydrogen) atoms. The van der Waals surface area contributed by atoms with Gasteiger partial charge in [-0.25, -0.2) is 4.39 Å². The molecule has 3 rings (SSSR count). The number of carbonyl (C=O) groups is 2. The van der Waals surface area contributed by atoms with Gasteiger partial charge in [0.2, 0.25) is 5.91 Å². The Morgan fingerprint density at radius 3 is 2.29 bits per heavy atom. The molecule has 5 nitrogen and oxygen atoms in total. The largest absolute Gasteiger partial charge is 0.488 e. The molecular weight excluding hydrogens is 359 g/mol. The first-order valence-electron chi connectivity index (χ1n) is 8.66. The summed E-state index contributed by atoms with van der Waals surface area (Å²) in [5.74, 6) is -0.426. The molecular formula is C22H19FN2O3. The number of anilines is 2. The second-order valence-electron chi connectivity index (χ2n) is 6.13. The van der Waals surface area contributed by atoms with Gasteiger partial charge in [-0.15, -0.1) is 0 Å². The van der Waals surface area contributed by atoms with E-state index in [1.54, 1.807) is 60.7 Å². The Balaban J connectivity index is 1.72. The van der Waals surface area contributed by atoms with Gasteiger partial charge >= 0.3 is 0 Å². The standard InChI is InChI=1S/C22H19FN2O3/c1-15(26)24-18-5-4-6-19(13-18)25-22(27)20-7-2-3-8-21(20)28-14-16-9-11-17(23)12-10-16/h2-13H,14H2,1H3,(H,24,26)(H,25,27). The second-order valence-corrected chi connectivity index (χ2v) is 6.13. The summed E-state index contributed by atoms with van der Waals surface area (Å²) in [5.41, 5.74) is 2.30. The van der Waals surface area contributed by atoms with Crippen LogP contribution in [0.2, 0.25) is 0 Å². The Bertz CT molecular complexity index is 987. The molecule has 142 valence electrons. The van der Waals surface area contributed by atoms with Crippen molar-refractivity contribution in [2.45, 2.75) is 13.5 Å². The van der Waals surface area contributed by atoms with Crippen LogP contribution in [0.25, 0.3) is 0 Å². The van der Waals surface area contributed by atoms with Crippen molar-refractivity contribution in [3.8, 4) is 5.75 Å². The number of halogens is 1. The van der Waals surface area contributed by atoms with Gasteiger partial charge in [-0.3, -0.25) is 9.59 Å². The van der Waals surface area contributed by atoms with Gasteiger partial charge < -0.3 is 15.4 Å². The van der Waals surface area contributed by atoms with Crippen molar-refractivity contribution in [3.05, 3.63) is 89.7 Å². The van der Waals surface area contributed by atoms with E-state index in [2.05, 4.69) is 10.6 Å². The summed E-state index contributed by atoms with van der Waals surface area (Å²) < 4.78 is 18.8. The number of benzene rings is 3. The summed E-state index contributed by atoms with van der Waals surface area (Å²) in [6.07, 6.45) is 0. The van der Waals surface area contributed by atoms with Gasteiger partial charge in [0, 0.05) is 18.3 Å². The van der Waals surface area contributed by atoms with Crippen LogP contribution < -0.4 is 15.4 Å². The first-order chi connectivity index (χ1) is 13.5. The Labute approximate surface area is 162 Å². The highest BCUT2D eigenvalue weighted by Crippen LogP contribution is 2.22. The van der Waals surface area contributed by atoms with Crippen LogP contribution >= 0.6 is 0 Å². The Kier molecular flexibility index (Phi) is 6.01. The van der Waals surface area contributed by atoms with Crippen LogP contribution in [-0.4, -0.2) is 11.8 Å². The van der Waals surface area contributed by atoms with Gasteiger partial charge in [0.05, 0.1) is 5.56 Å². The normalized spacial score (nSPS) is 10.2. The zero-order valence-corrected chi connectivity index (χ0v) is 15.2. The average Bonchev–Trinajstić information content (AvgIpc) is 2.67. The highest BCUT2D eigenvalue weighted by Gasteiger charge is 2.13.